The summed E-state index contributed by atoms with van der Waals surface area (Å²) in [6.07, 6.45) is 8.07. The van der Waals surface area contributed by atoms with Crippen molar-refractivity contribution in [3.05, 3.63) is 0 Å². The molecule has 0 radical (unpaired) electrons. The predicted octanol–water partition coefficient (Wildman–Crippen LogP) is 2.96. The maximum atomic E-state index is 11.4. The number of amides is 1. The molecule has 15 heavy (non-hydrogen) atoms. The van der Waals surface area contributed by atoms with Crippen LogP contribution in [0, 0.1) is 0 Å². The molecule has 1 aliphatic rings. The van der Waals surface area contributed by atoms with Gasteiger partial charge in [-0.25, -0.2) is 5.01 Å². The Morgan fingerprint density at radius 3 is 2.47 bits per heavy atom. The van der Waals surface area contributed by atoms with Crippen molar-refractivity contribution in [2.45, 2.75) is 58.8 Å². The van der Waals surface area contributed by atoms with Gasteiger partial charge in [-0.15, -0.1) is 0 Å². The van der Waals surface area contributed by atoms with E-state index in [9.17, 15) is 4.79 Å². The zero-order valence-electron chi connectivity index (χ0n) is 9.96. The van der Waals surface area contributed by atoms with Crippen LogP contribution < -0.4 is 0 Å². The molecule has 0 N–H and O–H groups in total. The lowest BCUT2D eigenvalue weighted by Crippen LogP contribution is -2.21. The van der Waals surface area contributed by atoms with Gasteiger partial charge in [0, 0.05) is 12.3 Å². The van der Waals surface area contributed by atoms with E-state index in [1.165, 1.54) is 32.1 Å². The third-order valence-electron chi connectivity index (χ3n) is 2.71. The first-order chi connectivity index (χ1) is 7.24. The predicted molar refractivity (Wildman–Crippen MR) is 62.8 cm³/mol. The highest BCUT2D eigenvalue weighted by Gasteiger charge is 2.19. The van der Waals surface area contributed by atoms with E-state index in [-0.39, 0.29) is 5.91 Å². The van der Waals surface area contributed by atoms with Gasteiger partial charge < -0.3 is 0 Å². The molecule has 3 heteroatoms. The molecule has 3 nitrogen and oxygen atoms in total. The summed E-state index contributed by atoms with van der Waals surface area (Å²) in [6.45, 7) is 4.95. The van der Waals surface area contributed by atoms with E-state index in [4.69, 9.17) is 0 Å². The Morgan fingerprint density at radius 2 is 1.87 bits per heavy atom. The number of nitrogens with zero attached hydrogens (tertiary/aromatic N) is 2. The second-order valence-corrected chi connectivity index (χ2v) is 4.30. The quantitative estimate of drug-likeness (QED) is 0.595. The Labute approximate surface area is 92.5 Å². The lowest BCUT2D eigenvalue weighted by molar-refractivity contribution is -0.128. The largest absolute Gasteiger partial charge is 0.273 e. The van der Waals surface area contributed by atoms with E-state index >= 15 is 0 Å². The average Bonchev–Trinajstić information content (AvgIpc) is 2.51. The maximum absolute atomic E-state index is 11.4. The molecule has 0 aromatic rings. The number of hydrogen-bond donors (Lipinski definition) is 0. The normalized spacial score (nSPS) is 16.0. The van der Waals surface area contributed by atoms with Crippen LogP contribution in [-0.4, -0.2) is 23.2 Å². The van der Waals surface area contributed by atoms with Crippen molar-refractivity contribution in [2.75, 3.05) is 6.54 Å². The molecule has 0 aliphatic carbocycles. The first-order valence-electron chi connectivity index (χ1n) is 6.08. The SMILES string of the molecule is CCCCCCCCN1N=C(C)CC1=O. The van der Waals surface area contributed by atoms with Crippen molar-refractivity contribution in [1.82, 2.24) is 5.01 Å². The van der Waals surface area contributed by atoms with Gasteiger partial charge >= 0.3 is 0 Å². The molecule has 0 unspecified atom stereocenters. The van der Waals surface area contributed by atoms with Crippen molar-refractivity contribution < 1.29 is 4.79 Å². The Balaban J connectivity index is 2.03. The van der Waals surface area contributed by atoms with Crippen LogP contribution in [0.2, 0.25) is 0 Å². The highest BCUT2D eigenvalue weighted by molar-refractivity contribution is 6.03. The lowest BCUT2D eigenvalue weighted by atomic mass is 10.1. The van der Waals surface area contributed by atoms with Crippen molar-refractivity contribution in [3.63, 3.8) is 0 Å². The molecule has 0 saturated heterocycles. The van der Waals surface area contributed by atoms with E-state index in [0.717, 1.165) is 18.7 Å². The summed E-state index contributed by atoms with van der Waals surface area (Å²) in [5.41, 5.74) is 0.950. The zero-order chi connectivity index (χ0) is 11.1. The minimum atomic E-state index is 0.168. The minimum Gasteiger partial charge on any atom is -0.273 e. The molecule has 0 fully saturated rings. The van der Waals surface area contributed by atoms with E-state index in [0.29, 0.717) is 6.42 Å². The smallest absolute Gasteiger partial charge is 0.248 e. The zero-order valence-corrected chi connectivity index (χ0v) is 9.96. The second kappa shape index (κ2) is 6.59. The van der Waals surface area contributed by atoms with Gasteiger partial charge in [-0.3, -0.25) is 4.79 Å². The minimum absolute atomic E-state index is 0.168. The van der Waals surface area contributed by atoms with Gasteiger partial charge in [0.2, 0.25) is 5.91 Å². The van der Waals surface area contributed by atoms with Crippen LogP contribution >= 0.6 is 0 Å². The van der Waals surface area contributed by atoms with Crippen LogP contribution in [0.4, 0.5) is 0 Å². The first-order valence-corrected chi connectivity index (χ1v) is 6.08. The number of rotatable bonds is 7. The fraction of sp³-hybridized carbons (Fsp3) is 0.833. The van der Waals surface area contributed by atoms with E-state index in [1.807, 2.05) is 6.92 Å². The Morgan fingerprint density at radius 1 is 1.20 bits per heavy atom. The summed E-state index contributed by atoms with van der Waals surface area (Å²) < 4.78 is 0. The summed E-state index contributed by atoms with van der Waals surface area (Å²) in [5, 5.41) is 5.84. The van der Waals surface area contributed by atoms with E-state index in [2.05, 4.69) is 12.0 Å². The summed E-state index contributed by atoms with van der Waals surface area (Å²) in [6, 6.07) is 0. The number of unbranched alkanes of at least 4 members (excludes halogenated alkanes) is 5. The summed E-state index contributed by atoms with van der Waals surface area (Å²) >= 11 is 0. The van der Waals surface area contributed by atoms with Gasteiger partial charge in [0.25, 0.3) is 0 Å². The number of carbonyl (C=O) groups excluding carboxylic acids is 1. The number of carbonyl (C=O) groups is 1. The molecule has 1 aliphatic heterocycles. The molecule has 1 rings (SSSR count). The van der Waals surface area contributed by atoms with Gasteiger partial charge in [-0.05, 0) is 13.3 Å². The standard InChI is InChI=1S/C12H22N2O/c1-3-4-5-6-7-8-9-14-12(15)10-11(2)13-14/h3-10H2,1-2H3. The van der Waals surface area contributed by atoms with E-state index in [1.54, 1.807) is 5.01 Å². The summed E-state index contributed by atoms with van der Waals surface area (Å²) in [7, 11) is 0. The van der Waals surface area contributed by atoms with Crippen LogP contribution in [-0.2, 0) is 4.79 Å². The van der Waals surface area contributed by atoms with Crippen LogP contribution in [0.25, 0.3) is 0 Å². The maximum Gasteiger partial charge on any atom is 0.248 e. The summed E-state index contributed by atoms with van der Waals surface area (Å²) in [5.74, 6) is 0.168. The molecule has 0 bridgehead atoms. The van der Waals surface area contributed by atoms with Gasteiger partial charge in [0.1, 0.15) is 0 Å². The summed E-state index contributed by atoms with van der Waals surface area (Å²) in [4.78, 5) is 11.4. The van der Waals surface area contributed by atoms with Crippen LogP contribution in [0.15, 0.2) is 5.10 Å². The Kier molecular flexibility index (Phi) is 5.37. The molecule has 0 aromatic carbocycles. The van der Waals surface area contributed by atoms with Crippen LogP contribution in [0.5, 0.6) is 0 Å². The van der Waals surface area contributed by atoms with Crippen molar-refractivity contribution in [1.29, 1.82) is 0 Å². The molecular formula is C12H22N2O. The molecule has 0 saturated carbocycles. The third kappa shape index (κ3) is 4.45. The average molecular weight is 210 g/mol. The highest BCUT2D eigenvalue weighted by atomic mass is 16.2. The van der Waals surface area contributed by atoms with Crippen molar-refractivity contribution in [3.8, 4) is 0 Å². The third-order valence-corrected chi connectivity index (χ3v) is 2.71. The molecule has 0 spiro atoms. The number of hydrogen-bond acceptors (Lipinski definition) is 2. The van der Waals surface area contributed by atoms with Crippen molar-refractivity contribution in [2.24, 2.45) is 5.10 Å². The molecule has 0 atom stereocenters. The number of hydrazone groups is 1. The Hall–Kier alpha value is -0.860. The van der Waals surface area contributed by atoms with Gasteiger partial charge in [-0.2, -0.15) is 5.10 Å². The topological polar surface area (TPSA) is 32.7 Å². The Bertz CT molecular complexity index is 236. The van der Waals surface area contributed by atoms with Crippen LogP contribution in [0.3, 0.4) is 0 Å². The molecule has 0 aromatic heterocycles. The lowest BCUT2D eigenvalue weighted by Gasteiger charge is -2.10. The highest BCUT2D eigenvalue weighted by Crippen LogP contribution is 2.11. The fourth-order valence-corrected chi connectivity index (χ4v) is 1.82. The van der Waals surface area contributed by atoms with E-state index < -0.39 is 0 Å². The van der Waals surface area contributed by atoms with Crippen molar-refractivity contribution >= 4 is 11.6 Å². The second-order valence-electron chi connectivity index (χ2n) is 4.30. The fourth-order valence-electron chi connectivity index (χ4n) is 1.82. The van der Waals surface area contributed by atoms with Gasteiger partial charge in [-0.1, -0.05) is 39.0 Å². The first kappa shape index (κ1) is 12.2. The molecular weight excluding hydrogens is 188 g/mol. The monoisotopic (exact) mass is 210 g/mol. The molecule has 86 valence electrons. The van der Waals surface area contributed by atoms with Gasteiger partial charge in [0.15, 0.2) is 0 Å². The van der Waals surface area contributed by atoms with Crippen LogP contribution in [0.1, 0.15) is 58.8 Å². The molecule has 1 heterocycles. The van der Waals surface area contributed by atoms with Gasteiger partial charge in [0.05, 0.1) is 6.42 Å². The molecule has 1 amide bonds.